The number of furan rings is 1. The van der Waals surface area contributed by atoms with Crippen molar-refractivity contribution in [2.45, 2.75) is 0 Å². The van der Waals surface area contributed by atoms with E-state index in [2.05, 4.69) is 149 Å². The van der Waals surface area contributed by atoms with Crippen LogP contribution in [0.4, 0.5) is 34.1 Å². The van der Waals surface area contributed by atoms with Gasteiger partial charge in [-0.1, -0.05) is 127 Å². The lowest BCUT2D eigenvalue weighted by molar-refractivity contribution is 0.620. The fraction of sp³-hybridized carbons (Fsp3) is 0. The number of oxazole rings is 1. The van der Waals surface area contributed by atoms with Crippen molar-refractivity contribution in [1.82, 2.24) is 4.98 Å². The molecular weight excluding hydrogens is 663 g/mol. The minimum Gasteiger partial charge on any atom is -0.454 e. The zero-order valence-corrected chi connectivity index (χ0v) is 29.2. The molecule has 54 heavy (non-hydrogen) atoms. The first-order valence-electron chi connectivity index (χ1n) is 18.0. The van der Waals surface area contributed by atoms with Crippen molar-refractivity contribution in [3.8, 4) is 22.6 Å². The molecule has 0 fully saturated rings. The van der Waals surface area contributed by atoms with E-state index in [9.17, 15) is 0 Å². The summed E-state index contributed by atoms with van der Waals surface area (Å²) in [5, 5.41) is 2.12. The van der Waals surface area contributed by atoms with E-state index >= 15 is 0 Å². The molecule has 0 spiro atoms. The van der Waals surface area contributed by atoms with Crippen LogP contribution in [0.2, 0.25) is 0 Å². The molecule has 0 radical (unpaired) electrons. The van der Waals surface area contributed by atoms with Gasteiger partial charge in [-0.25, -0.2) is 4.98 Å². The van der Waals surface area contributed by atoms with Gasteiger partial charge in [0, 0.05) is 39.5 Å². The maximum atomic E-state index is 6.70. The Labute approximate surface area is 312 Å². The molecule has 5 heteroatoms. The Morgan fingerprint density at radius 2 is 0.907 bits per heavy atom. The highest BCUT2D eigenvalue weighted by Gasteiger charge is 2.26. The van der Waals surface area contributed by atoms with Crippen molar-refractivity contribution >= 4 is 67.2 Å². The molecule has 0 unspecified atom stereocenters. The van der Waals surface area contributed by atoms with Crippen LogP contribution in [0, 0.1) is 0 Å². The van der Waals surface area contributed by atoms with Crippen LogP contribution >= 0.6 is 0 Å². The normalized spacial score (nSPS) is 11.3. The lowest BCUT2D eigenvalue weighted by Crippen LogP contribution is -2.14. The van der Waals surface area contributed by atoms with Crippen molar-refractivity contribution in [1.29, 1.82) is 0 Å². The zero-order valence-electron chi connectivity index (χ0n) is 29.2. The van der Waals surface area contributed by atoms with Gasteiger partial charge in [0.25, 0.3) is 0 Å². The highest BCUT2D eigenvalue weighted by Crippen LogP contribution is 2.47. The summed E-state index contributed by atoms with van der Waals surface area (Å²) in [6, 6.07) is 69.0. The molecule has 256 valence electrons. The minimum absolute atomic E-state index is 0.553. The quantitative estimate of drug-likeness (QED) is 0.158. The monoisotopic (exact) mass is 695 g/mol. The molecule has 2 heterocycles. The number of hydrogen-bond donors (Lipinski definition) is 0. The Morgan fingerprint density at radius 1 is 0.352 bits per heavy atom. The molecule has 5 nitrogen and oxygen atoms in total. The van der Waals surface area contributed by atoms with Crippen molar-refractivity contribution in [3.05, 3.63) is 200 Å². The number of fused-ring (bicyclic) bond motifs is 4. The third-order valence-electron chi connectivity index (χ3n) is 9.87. The fourth-order valence-corrected chi connectivity index (χ4v) is 7.35. The number of rotatable bonds is 8. The second kappa shape index (κ2) is 13.3. The lowest BCUT2D eigenvalue weighted by atomic mass is 10.0. The number of nitrogens with zero attached hydrogens (tertiary/aromatic N) is 3. The van der Waals surface area contributed by atoms with E-state index < -0.39 is 0 Å². The molecule has 10 rings (SSSR count). The summed E-state index contributed by atoms with van der Waals surface area (Å²) in [5.74, 6) is 0.553. The average molecular weight is 696 g/mol. The van der Waals surface area contributed by atoms with E-state index in [-0.39, 0.29) is 0 Å². The van der Waals surface area contributed by atoms with Gasteiger partial charge in [0.1, 0.15) is 11.1 Å². The topological polar surface area (TPSA) is 45.7 Å². The molecule has 0 aliphatic rings. The molecule has 0 bridgehead atoms. The van der Waals surface area contributed by atoms with Gasteiger partial charge in [-0.2, -0.15) is 0 Å². The average Bonchev–Trinajstić information content (AvgIpc) is 3.86. The molecule has 0 N–H and O–H groups in total. The van der Waals surface area contributed by atoms with Gasteiger partial charge in [-0.15, -0.1) is 0 Å². The Balaban J connectivity index is 1.24. The lowest BCUT2D eigenvalue weighted by Gasteiger charge is -2.29. The predicted molar refractivity (Wildman–Crippen MR) is 222 cm³/mol. The fourth-order valence-electron chi connectivity index (χ4n) is 7.35. The minimum atomic E-state index is 0.553. The van der Waals surface area contributed by atoms with E-state index in [1.807, 2.05) is 60.7 Å². The van der Waals surface area contributed by atoms with Crippen molar-refractivity contribution in [3.63, 3.8) is 0 Å². The molecule has 2 aromatic heterocycles. The van der Waals surface area contributed by atoms with Crippen LogP contribution in [0.25, 0.3) is 55.6 Å². The summed E-state index contributed by atoms with van der Waals surface area (Å²) in [6.45, 7) is 0. The summed E-state index contributed by atoms with van der Waals surface area (Å²) >= 11 is 0. The first kappa shape index (κ1) is 31.4. The summed E-state index contributed by atoms with van der Waals surface area (Å²) in [6.07, 6.45) is 0. The number of benzene rings is 8. The Hall–Kier alpha value is -7.37. The Bertz CT molecular complexity index is 2870. The highest BCUT2D eigenvalue weighted by molar-refractivity contribution is 6.11. The summed E-state index contributed by atoms with van der Waals surface area (Å²) in [4.78, 5) is 9.73. The Morgan fingerprint density at radius 3 is 1.61 bits per heavy atom. The number of anilines is 6. The van der Waals surface area contributed by atoms with Gasteiger partial charge in [0.2, 0.25) is 5.89 Å². The second-order valence-electron chi connectivity index (χ2n) is 13.2. The first-order chi connectivity index (χ1) is 26.8. The third-order valence-corrected chi connectivity index (χ3v) is 9.87. The summed E-state index contributed by atoms with van der Waals surface area (Å²) in [5.41, 5.74) is 11.9. The van der Waals surface area contributed by atoms with Gasteiger partial charge in [0.05, 0.1) is 17.1 Å². The molecule has 0 saturated carbocycles. The van der Waals surface area contributed by atoms with Crippen LogP contribution in [0.5, 0.6) is 0 Å². The van der Waals surface area contributed by atoms with E-state index in [0.717, 1.165) is 72.7 Å². The molecule has 10 aromatic rings. The van der Waals surface area contributed by atoms with Crippen LogP contribution in [0.3, 0.4) is 0 Å². The van der Waals surface area contributed by atoms with E-state index in [0.29, 0.717) is 11.5 Å². The van der Waals surface area contributed by atoms with Crippen LogP contribution in [0.1, 0.15) is 0 Å². The zero-order chi connectivity index (χ0) is 35.8. The molecule has 0 atom stereocenters. The molecule has 0 saturated heterocycles. The molecule has 0 aliphatic heterocycles. The second-order valence-corrected chi connectivity index (χ2v) is 13.2. The maximum Gasteiger partial charge on any atom is 0.227 e. The molecule has 8 aromatic carbocycles. The van der Waals surface area contributed by atoms with Crippen LogP contribution in [-0.4, -0.2) is 4.98 Å². The van der Waals surface area contributed by atoms with E-state index in [1.165, 1.54) is 5.56 Å². The molecule has 0 aliphatic carbocycles. The van der Waals surface area contributed by atoms with Gasteiger partial charge in [-0.3, -0.25) is 0 Å². The van der Waals surface area contributed by atoms with Crippen molar-refractivity contribution in [2.24, 2.45) is 0 Å². The summed E-state index contributed by atoms with van der Waals surface area (Å²) in [7, 11) is 0. The van der Waals surface area contributed by atoms with E-state index in [4.69, 9.17) is 13.8 Å². The number of aromatic nitrogens is 1. The highest BCUT2D eigenvalue weighted by atomic mass is 16.3. The molecule has 0 amide bonds. The third kappa shape index (κ3) is 5.56. The molecular formula is C49H33N3O2. The number of hydrogen-bond acceptors (Lipinski definition) is 5. The largest absolute Gasteiger partial charge is 0.454 e. The SMILES string of the molecule is c1ccc(-c2ccc(N(c3ccccc3)c3cc(N(c4ccccc4)c4cccc5c4oc4ccccc45)c4nc(-c5ccccc5)oc4c3)cc2)cc1. The van der Waals surface area contributed by atoms with Crippen LogP contribution in [0.15, 0.2) is 209 Å². The van der Waals surface area contributed by atoms with Crippen LogP contribution in [-0.2, 0) is 0 Å². The standard InChI is InChI=1S/C49H33N3O2/c1-5-16-34(17-6-1)35-28-30-39(31-29-35)51(37-20-9-3-10-21-37)40-32-44(47-46(33-40)54-49(50-47)36-18-7-2-8-19-36)52(38-22-11-4-12-23-38)43-26-15-25-42-41-24-13-14-27-45(41)53-48(42)43/h1-33H. The summed E-state index contributed by atoms with van der Waals surface area (Å²) < 4.78 is 13.4. The van der Waals surface area contributed by atoms with Crippen molar-refractivity contribution < 1.29 is 8.83 Å². The van der Waals surface area contributed by atoms with Gasteiger partial charge >= 0.3 is 0 Å². The van der Waals surface area contributed by atoms with E-state index in [1.54, 1.807) is 0 Å². The smallest absolute Gasteiger partial charge is 0.227 e. The van der Waals surface area contributed by atoms with Gasteiger partial charge < -0.3 is 18.6 Å². The van der Waals surface area contributed by atoms with Crippen LogP contribution < -0.4 is 9.80 Å². The Kier molecular flexibility index (Phi) is 7.73. The van der Waals surface area contributed by atoms with Crippen molar-refractivity contribution in [2.75, 3.05) is 9.80 Å². The van der Waals surface area contributed by atoms with Gasteiger partial charge in [0.15, 0.2) is 11.2 Å². The maximum absolute atomic E-state index is 6.70. The first-order valence-corrected chi connectivity index (χ1v) is 18.0. The van der Waals surface area contributed by atoms with Gasteiger partial charge in [-0.05, 0) is 77.9 Å². The number of para-hydroxylation sites is 4. The predicted octanol–water partition coefficient (Wildman–Crippen LogP) is 14.0.